The van der Waals surface area contributed by atoms with Gasteiger partial charge in [0.2, 0.25) is 10.0 Å². The zero-order valence-electron chi connectivity index (χ0n) is 9.75. The predicted molar refractivity (Wildman–Crippen MR) is 65.5 cm³/mol. The minimum Gasteiger partial charge on any atom is -0.316 e. The molecular formula is C11H20N2O2S. The smallest absolute Gasteiger partial charge is 0.211 e. The van der Waals surface area contributed by atoms with Crippen molar-refractivity contribution in [2.45, 2.75) is 26.2 Å². The molecule has 1 fully saturated rings. The standard InChI is InChI=1S/C11H20N2O2S/c1-2-3-4-8-13-16(14,15)10-11-6-5-7-12-9-11/h11-13H,4-10H2,1H3. The van der Waals surface area contributed by atoms with Crippen LogP contribution in [0, 0.1) is 17.8 Å². The summed E-state index contributed by atoms with van der Waals surface area (Å²) in [5, 5.41) is 3.22. The van der Waals surface area contributed by atoms with Gasteiger partial charge in [-0.05, 0) is 38.8 Å². The van der Waals surface area contributed by atoms with E-state index in [2.05, 4.69) is 21.9 Å². The number of piperidine rings is 1. The summed E-state index contributed by atoms with van der Waals surface area (Å²) in [6.07, 6.45) is 2.66. The van der Waals surface area contributed by atoms with Crippen LogP contribution in [0.2, 0.25) is 0 Å². The quantitative estimate of drug-likeness (QED) is 0.541. The zero-order valence-corrected chi connectivity index (χ0v) is 10.6. The van der Waals surface area contributed by atoms with Gasteiger partial charge in [-0.15, -0.1) is 11.8 Å². The summed E-state index contributed by atoms with van der Waals surface area (Å²) < 4.78 is 25.9. The highest BCUT2D eigenvalue weighted by Crippen LogP contribution is 2.11. The maximum atomic E-state index is 11.7. The number of sulfonamides is 1. The van der Waals surface area contributed by atoms with E-state index < -0.39 is 10.0 Å². The molecule has 0 saturated carbocycles. The number of hydrogen-bond acceptors (Lipinski definition) is 3. The van der Waals surface area contributed by atoms with Crippen LogP contribution in [0.3, 0.4) is 0 Å². The number of rotatable bonds is 5. The molecule has 1 atom stereocenters. The fourth-order valence-electron chi connectivity index (χ4n) is 1.83. The SMILES string of the molecule is CC#CCCNS(=O)(=O)CC1CCCNC1. The molecule has 1 heterocycles. The van der Waals surface area contributed by atoms with Gasteiger partial charge >= 0.3 is 0 Å². The third kappa shape index (κ3) is 5.50. The average molecular weight is 244 g/mol. The molecule has 0 spiro atoms. The fraction of sp³-hybridized carbons (Fsp3) is 0.818. The van der Waals surface area contributed by atoms with E-state index in [4.69, 9.17) is 0 Å². The van der Waals surface area contributed by atoms with E-state index >= 15 is 0 Å². The first kappa shape index (κ1) is 13.5. The molecule has 0 bridgehead atoms. The summed E-state index contributed by atoms with van der Waals surface area (Å²) in [5.41, 5.74) is 0. The largest absolute Gasteiger partial charge is 0.316 e. The molecule has 2 N–H and O–H groups in total. The zero-order chi connectivity index (χ0) is 11.9. The Hall–Kier alpha value is -0.570. The van der Waals surface area contributed by atoms with Crippen LogP contribution in [0.1, 0.15) is 26.2 Å². The highest BCUT2D eigenvalue weighted by atomic mass is 32.2. The molecule has 1 unspecified atom stereocenters. The van der Waals surface area contributed by atoms with Gasteiger partial charge in [0.1, 0.15) is 0 Å². The summed E-state index contributed by atoms with van der Waals surface area (Å²) in [5.74, 6) is 6.06. The molecule has 16 heavy (non-hydrogen) atoms. The lowest BCUT2D eigenvalue weighted by atomic mass is 10.0. The molecule has 0 radical (unpaired) electrons. The molecule has 0 amide bonds. The monoisotopic (exact) mass is 244 g/mol. The Kier molecular flexibility index (Phi) is 5.81. The van der Waals surface area contributed by atoms with Crippen LogP contribution in [0.15, 0.2) is 0 Å². The first-order chi connectivity index (χ1) is 7.64. The summed E-state index contributed by atoms with van der Waals surface area (Å²) in [6, 6.07) is 0. The Balaban J connectivity index is 2.28. The van der Waals surface area contributed by atoms with Gasteiger partial charge in [0, 0.05) is 13.0 Å². The third-order valence-electron chi connectivity index (χ3n) is 2.60. The molecule has 1 saturated heterocycles. The topological polar surface area (TPSA) is 58.2 Å². The first-order valence-corrected chi connectivity index (χ1v) is 7.37. The predicted octanol–water partition coefficient (Wildman–Crippen LogP) is 0.319. The van der Waals surface area contributed by atoms with Crippen LogP contribution in [-0.4, -0.2) is 33.8 Å². The van der Waals surface area contributed by atoms with Crippen molar-refractivity contribution in [3.63, 3.8) is 0 Å². The molecule has 0 aromatic carbocycles. The highest BCUT2D eigenvalue weighted by Gasteiger charge is 2.20. The van der Waals surface area contributed by atoms with Crippen molar-refractivity contribution in [3.8, 4) is 11.8 Å². The molecule has 92 valence electrons. The summed E-state index contributed by atoms with van der Waals surface area (Å²) in [6.45, 7) is 4.00. The van der Waals surface area contributed by atoms with E-state index in [1.807, 2.05) is 0 Å². The third-order valence-corrected chi connectivity index (χ3v) is 4.16. The summed E-state index contributed by atoms with van der Waals surface area (Å²) in [7, 11) is -3.12. The Bertz CT molecular complexity index is 348. The maximum Gasteiger partial charge on any atom is 0.211 e. The van der Waals surface area contributed by atoms with Crippen molar-refractivity contribution in [3.05, 3.63) is 0 Å². The van der Waals surface area contributed by atoms with Crippen LogP contribution >= 0.6 is 0 Å². The van der Waals surface area contributed by atoms with Crippen molar-refractivity contribution in [2.75, 3.05) is 25.4 Å². The van der Waals surface area contributed by atoms with Gasteiger partial charge in [-0.1, -0.05) is 0 Å². The minimum atomic E-state index is -3.12. The molecule has 0 aromatic rings. The second kappa shape index (κ2) is 6.89. The van der Waals surface area contributed by atoms with Crippen molar-refractivity contribution in [1.29, 1.82) is 0 Å². The molecule has 0 aromatic heterocycles. The first-order valence-electron chi connectivity index (χ1n) is 5.72. The van der Waals surface area contributed by atoms with Crippen molar-refractivity contribution in [1.82, 2.24) is 10.0 Å². The fourth-order valence-corrected chi connectivity index (χ4v) is 3.27. The van der Waals surface area contributed by atoms with Gasteiger partial charge < -0.3 is 5.32 Å². The normalized spacial score (nSPS) is 21.2. The Morgan fingerprint density at radius 3 is 2.94 bits per heavy atom. The number of nitrogens with one attached hydrogen (secondary N) is 2. The van der Waals surface area contributed by atoms with Gasteiger partial charge in [-0.3, -0.25) is 0 Å². The molecule has 1 aliphatic rings. The summed E-state index contributed by atoms with van der Waals surface area (Å²) >= 11 is 0. The van der Waals surface area contributed by atoms with E-state index in [1.54, 1.807) is 6.92 Å². The van der Waals surface area contributed by atoms with Crippen LogP contribution in [0.25, 0.3) is 0 Å². The van der Waals surface area contributed by atoms with Crippen LogP contribution in [-0.2, 0) is 10.0 Å². The van der Waals surface area contributed by atoms with Gasteiger partial charge in [0.25, 0.3) is 0 Å². The van der Waals surface area contributed by atoms with Gasteiger partial charge in [-0.25, -0.2) is 13.1 Å². The van der Waals surface area contributed by atoms with Crippen molar-refractivity contribution in [2.24, 2.45) is 5.92 Å². The number of hydrogen-bond donors (Lipinski definition) is 2. The lowest BCUT2D eigenvalue weighted by molar-refractivity contribution is 0.403. The molecule has 4 nitrogen and oxygen atoms in total. The van der Waals surface area contributed by atoms with E-state index in [0.29, 0.717) is 13.0 Å². The second-order valence-electron chi connectivity index (χ2n) is 4.06. The van der Waals surface area contributed by atoms with Crippen molar-refractivity contribution >= 4 is 10.0 Å². The lowest BCUT2D eigenvalue weighted by Crippen LogP contribution is -2.37. The molecule has 0 aliphatic carbocycles. The van der Waals surface area contributed by atoms with Gasteiger partial charge in [0.15, 0.2) is 0 Å². The summed E-state index contributed by atoms with van der Waals surface area (Å²) in [4.78, 5) is 0. The minimum absolute atomic E-state index is 0.236. The Morgan fingerprint density at radius 1 is 1.50 bits per heavy atom. The Labute approximate surface area is 98.2 Å². The van der Waals surface area contributed by atoms with E-state index in [0.717, 1.165) is 25.9 Å². The van der Waals surface area contributed by atoms with Crippen LogP contribution < -0.4 is 10.0 Å². The van der Waals surface area contributed by atoms with E-state index in [-0.39, 0.29) is 11.7 Å². The van der Waals surface area contributed by atoms with Crippen LogP contribution in [0.5, 0.6) is 0 Å². The van der Waals surface area contributed by atoms with Gasteiger partial charge in [0.05, 0.1) is 5.75 Å². The van der Waals surface area contributed by atoms with Crippen LogP contribution in [0.4, 0.5) is 0 Å². The Morgan fingerprint density at radius 2 is 2.31 bits per heavy atom. The molecule has 1 aliphatic heterocycles. The average Bonchev–Trinajstić information content (AvgIpc) is 2.25. The van der Waals surface area contributed by atoms with Gasteiger partial charge in [-0.2, -0.15) is 0 Å². The van der Waals surface area contributed by atoms with Crippen molar-refractivity contribution < 1.29 is 8.42 Å². The molecule has 5 heteroatoms. The van der Waals surface area contributed by atoms with E-state index in [9.17, 15) is 8.42 Å². The lowest BCUT2D eigenvalue weighted by Gasteiger charge is -2.22. The molecule has 1 rings (SSSR count). The maximum absolute atomic E-state index is 11.7. The molecular weight excluding hydrogens is 224 g/mol. The highest BCUT2D eigenvalue weighted by molar-refractivity contribution is 7.89. The second-order valence-corrected chi connectivity index (χ2v) is 5.92. The van der Waals surface area contributed by atoms with E-state index in [1.165, 1.54) is 0 Å².